The topological polar surface area (TPSA) is 15.3 Å². The molecule has 0 aromatic heterocycles. The van der Waals surface area contributed by atoms with Gasteiger partial charge in [-0.05, 0) is 35.6 Å². The fraction of sp³-hybridized carbons (Fsp3) is 0.182. The number of hydrogen-bond acceptors (Lipinski definition) is 2. The third-order valence-corrected chi connectivity index (χ3v) is 6.98. The Morgan fingerprint density at radius 3 is 1.68 bits per heavy atom. The Morgan fingerprint density at radius 1 is 0.720 bits per heavy atom. The van der Waals surface area contributed by atoms with Gasteiger partial charge in [-0.1, -0.05) is 84.9 Å². The summed E-state index contributed by atoms with van der Waals surface area (Å²) in [5.41, 5.74) is 2.68. The third kappa shape index (κ3) is 4.66. The van der Waals surface area contributed by atoms with Gasteiger partial charge in [0.05, 0.1) is 0 Å². The van der Waals surface area contributed by atoms with Crippen molar-refractivity contribution in [2.45, 2.75) is 13.1 Å². The SMILES string of the molecule is CNCc1ccc(CN(C)[Si](c2ccccc2)c2ccccc2)cc1. The minimum absolute atomic E-state index is 0.916. The summed E-state index contributed by atoms with van der Waals surface area (Å²) >= 11 is 0. The summed E-state index contributed by atoms with van der Waals surface area (Å²) in [5, 5.41) is 6.05. The van der Waals surface area contributed by atoms with Crippen LogP contribution in [0, 0.1) is 0 Å². The molecule has 0 aliphatic heterocycles. The summed E-state index contributed by atoms with van der Waals surface area (Å²) in [5.74, 6) is 0. The maximum absolute atomic E-state index is 3.20. The van der Waals surface area contributed by atoms with Gasteiger partial charge in [0.2, 0.25) is 8.96 Å². The van der Waals surface area contributed by atoms with Gasteiger partial charge in [-0.25, -0.2) is 0 Å². The first kappa shape index (κ1) is 17.6. The Kier molecular flexibility index (Phi) is 6.18. The molecule has 0 aliphatic carbocycles. The molecule has 0 bridgehead atoms. The van der Waals surface area contributed by atoms with Crippen LogP contribution in [-0.4, -0.2) is 27.6 Å². The fourth-order valence-corrected chi connectivity index (χ4v) is 5.69. The standard InChI is InChI=1S/C22H25N2Si/c1-23-17-19-13-15-20(16-14-19)18-24(2)25(21-9-5-3-6-10-21)22-11-7-4-8-12-22/h3-16,23H,17-18H2,1-2H3. The van der Waals surface area contributed by atoms with Gasteiger partial charge in [0.25, 0.3) is 0 Å². The molecule has 0 aliphatic rings. The highest BCUT2D eigenvalue weighted by Crippen LogP contribution is 2.08. The lowest BCUT2D eigenvalue weighted by Gasteiger charge is -2.27. The zero-order chi connectivity index (χ0) is 17.5. The van der Waals surface area contributed by atoms with E-state index in [0.717, 1.165) is 13.1 Å². The third-order valence-electron chi connectivity index (χ3n) is 4.30. The molecule has 0 atom stereocenters. The summed E-state index contributed by atoms with van der Waals surface area (Å²) in [6.07, 6.45) is 0. The van der Waals surface area contributed by atoms with Crippen molar-refractivity contribution >= 4 is 19.3 Å². The van der Waals surface area contributed by atoms with E-state index in [1.165, 1.54) is 21.5 Å². The van der Waals surface area contributed by atoms with Gasteiger partial charge in [0, 0.05) is 13.1 Å². The van der Waals surface area contributed by atoms with Crippen LogP contribution in [0.4, 0.5) is 0 Å². The normalized spacial score (nSPS) is 11.2. The predicted molar refractivity (Wildman–Crippen MR) is 109 cm³/mol. The van der Waals surface area contributed by atoms with Crippen molar-refractivity contribution in [2.24, 2.45) is 0 Å². The monoisotopic (exact) mass is 345 g/mol. The van der Waals surface area contributed by atoms with Gasteiger partial charge in [-0.3, -0.25) is 0 Å². The second-order valence-corrected chi connectivity index (χ2v) is 8.90. The van der Waals surface area contributed by atoms with Gasteiger partial charge in [-0.15, -0.1) is 0 Å². The highest BCUT2D eigenvalue weighted by molar-refractivity contribution is 6.82. The molecular formula is C22H25N2Si. The van der Waals surface area contributed by atoms with Crippen LogP contribution in [0.2, 0.25) is 0 Å². The summed E-state index contributed by atoms with van der Waals surface area (Å²) in [6.45, 7) is 1.87. The van der Waals surface area contributed by atoms with E-state index < -0.39 is 8.96 Å². The van der Waals surface area contributed by atoms with Crippen molar-refractivity contribution in [3.05, 3.63) is 96.1 Å². The Morgan fingerprint density at radius 2 is 1.20 bits per heavy atom. The first-order valence-electron chi connectivity index (χ1n) is 8.69. The van der Waals surface area contributed by atoms with Crippen molar-refractivity contribution in [2.75, 3.05) is 14.1 Å². The highest BCUT2D eigenvalue weighted by Gasteiger charge is 2.22. The molecule has 0 fully saturated rings. The molecule has 0 saturated carbocycles. The van der Waals surface area contributed by atoms with E-state index in [-0.39, 0.29) is 0 Å². The van der Waals surface area contributed by atoms with Gasteiger partial charge < -0.3 is 9.88 Å². The van der Waals surface area contributed by atoms with Crippen LogP contribution < -0.4 is 15.7 Å². The van der Waals surface area contributed by atoms with Crippen molar-refractivity contribution < 1.29 is 0 Å². The first-order valence-corrected chi connectivity index (χ1v) is 10.1. The van der Waals surface area contributed by atoms with Crippen LogP contribution in [0.5, 0.6) is 0 Å². The molecule has 0 amide bonds. The van der Waals surface area contributed by atoms with Crippen LogP contribution in [0.15, 0.2) is 84.9 Å². The molecule has 0 saturated heterocycles. The van der Waals surface area contributed by atoms with Crippen molar-refractivity contribution in [3.8, 4) is 0 Å². The lowest BCUT2D eigenvalue weighted by molar-refractivity contribution is 0.528. The average molecular weight is 346 g/mol. The Bertz CT molecular complexity index is 718. The minimum atomic E-state index is -0.974. The number of nitrogens with one attached hydrogen (secondary N) is 1. The van der Waals surface area contributed by atoms with E-state index >= 15 is 0 Å². The lowest BCUT2D eigenvalue weighted by Crippen LogP contribution is -2.54. The van der Waals surface area contributed by atoms with E-state index in [1.807, 2.05) is 7.05 Å². The molecule has 127 valence electrons. The van der Waals surface area contributed by atoms with E-state index in [1.54, 1.807) is 0 Å². The largest absolute Gasteiger partial charge is 0.316 e. The Balaban J connectivity index is 1.83. The Hall–Kier alpha value is -2.20. The van der Waals surface area contributed by atoms with Crippen LogP contribution in [0.1, 0.15) is 11.1 Å². The quantitative estimate of drug-likeness (QED) is 0.662. The van der Waals surface area contributed by atoms with E-state index in [4.69, 9.17) is 0 Å². The number of nitrogens with zero attached hydrogens (tertiary/aromatic N) is 1. The van der Waals surface area contributed by atoms with Gasteiger partial charge in [-0.2, -0.15) is 0 Å². The van der Waals surface area contributed by atoms with E-state index in [9.17, 15) is 0 Å². The molecule has 0 heterocycles. The molecule has 1 radical (unpaired) electrons. The molecular weight excluding hydrogens is 320 g/mol. The molecule has 1 N–H and O–H groups in total. The van der Waals surface area contributed by atoms with Gasteiger partial charge in [0.15, 0.2) is 0 Å². The summed E-state index contributed by atoms with van der Waals surface area (Å²) in [4.78, 5) is 0. The molecule has 3 heteroatoms. The molecule has 25 heavy (non-hydrogen) atoms. The first-order chi connectivity index (χ1) is 12.3. The number of hydrogen-bond donors (Lipinski definition) is 1. The van der Waals surface area contributed by atoms with Crippen molar-refractivity contribution in [3.63, 3.8) is 0 Å². The van der Waals surface area contributed by atoms with Crippen molar-refractivity contribution in [1.82, 2.24) is 9.88 Å². The molecule has 2 nitrogen and oxygen atoms in total. The summed E-state index contributed by atoms with van der Waals surface area (Å²) in [6, 6.07) is 30.7. The molecule has 0 unspecified atom stereocenters. The summed E-state index contributed by atoms with van der Waals surface area (Å²) in [7, 11) is 3.25. The lowest BCUT2D eigenvalue weighted by atomic mass is 10.1. The maximum atomic E-state index is 3.20. The van der Waals surface area contributed by atoms with Crippen LogP contribution in [0.25, 0.3) is 0 Å². The average Bonchev–Trinajstić information content (AvgIpc) is 2.66. The molecule has 3 rings (SSSR count). The van der Waals surface area contributed by atoms with E-state index in [0.29, 0.717) is 0 Å². The second kappa shape index (κ2) is 8.76. The zero-order valence-corrected chi connectivity index (χ0v) is 15.9. The maximum Gasteiger partial charge on any atom is 0.209 e. The van der Waals surface area contributed by atoms with E-state index in [2.05, 4.69) is 102 Å². The smallest absolute Gasteiger partial charge is 0.209 e. The number of rotatable bonds is 7. The van der Waals surface area contributed by atoms with Gasteiger partial charge >= 0.3 is 0 Å². The molecule has 0 spiro atoms. The zero-order valence-electron chi connectivity index (χ0n) is 14.9. The minimum Gasteiger partial charge on any atom is -0.316 e. The van der Waals surface area contributed by atoms with Crippen LogP contribution in [-0.2, 0) is 13.1 Å². The van der Waals surface area contributed by atoms with Crippen molar-refractivity contribution in [1.29, 1.82) is 0 Å². The Labute approximate surface area is 152 Å². The summed E-state index contributed by atoms with van der Waals surface area (Å²) < 4.78 is 2.52. The number of benzene rings is 3. The second-order valence-electron chi connectivity index (χ2n) is 6.28. The van der Waals surface area contributed by atoms with Crippen LogP contribution >= 0.6 is 0 Å². The predicted octanol–water partition coefficient (Wildman–Crippen LogP) is 2.64. The van der Waals surface area contributed by atoms with Gasteiger partial charge in [0.1, 0.15) is 0 Å². The molecule has 3 aromatic carbocycles. The fourth-order valence-electron chi connectivity index (χ4n) is 3.12. The highest BCUT2D eigenvalue weighted by atomic mass is 28.3. The van der Waals surface area contributed by atoms with Crippen LogP contribution in [0.3, 0.4) is 0 Å². The molecule has 3 aromatic rings.